The van der Waals surface area contributed by atoms with Crippen LogP contribution in [-0.2, 0) is 6.61 Å². The summed E-state index contributed by atoms with van der Waals surface area (Å²) < 4.78 is 12.7. The number of hydrogen-bond acceptors (Lipinski definition) is 5. The predicted octanol–water partition coefficient (Wildman–Crippen LogP) is 2.55. The number of para-hydroxylation sites is 2. The zero-order chi connectivity index (χ0) is 14.8. The van der Waals surface area contributed by atoms with Gasteiger partial charge in [-0.2, -0.15) is 0 Å². The predicted molar refractivity (Wildman–Crippen MR) is 79.7 cm³/mol. The van der Waals surface area contributed by atoms with Crippen molar-refractivity contribution in [3.05, 3.63) is 47.4 Å². The van der Waals surface area contributed by atoms with Gasteiger partial charge in [0.05, 0.1) is 17.8 Å². The smallest absolute Gasteiger partial charge is 0.184 e. The van der Waals surface area contributed by atoms with Gasteiger partial charge < -0.3 is 15.2 Å². The van der Waals surface area contributed by atoms with E-state index >= 15 is 0 Å². The Morgan fingerprint density at radius 3 is 2.76 bits per heavy atom. The van der Waals surface area contributed by atoms with Crippen LogP contribution in [0.25, 0.3) is 5.65 Å². The summed E-state index contributed by atoms with van der Waals surface area (Å²) in [5, 5.41) is 8.62. The number of anilines is 1. The zero-order valence-corrected chi connectivity index (χ0v) is 12.0. The molecule has 108 valence electrons. The van der Waals surface area contributed by atoms with Gasteiger partial charge in [0.15, 0.2) is 23.0 Å². The molecule has 0 fully saturated rings. The van der Waals surface area contributed by atoms with Gasteiger partial charge in [-0.1, -0.05) is 23.7 Å². The van der Waals surface area contributed by atoms with Gasteiger partial charge >= 0.3 is 0 Å². The number of halogens is 1. The maximum Gasteiger partial charge on any atom is 0.184 e. The molecule has 2 heterocycles. The molecule has 0 atom stereocenters. The number of methoxy groups -OCH3 is 1. The molecule has 0 saturated heterocycles. The van der Waals surface area contributed by atoms with Crippen molar-refractivity contribution in [2.75, 3.05) is 12.8 Å². The first kappa shape index (κ1) is 13.5. The average molecular weight is 305 g/mol. The Kier molecular flexibility index (Phi) is 3.53. The quantitative estimate of drug-likeness (QED) is 0.801. The molecule has 0 aliphatic rings. The minimum atomic E-state index is 0.224. The first-order valence-corrected chi connectivity index (χ1v) is 6.61. The number of nitrogens with zero attached hydrogens (tertiary/aromatic N) is 3. The normalized spacial score (nSPS) is 10.8. The van der Waals surface area contributed by atoms with Crippen molar-refractivity contribution in [3.63, 3.8) is 0 Å². The molecule has 7 heteroatoms. The molecule has 0 unspecified atom stereocenters. The van der Waals surface area contributed by atoms with Crippen LogP contribution in [0.4, 0.5) is 5.69 Å². The molecule has 0 aliphatic heterocycles. The highest BCUT2D eigenvalue weighted by atomic mass is 35.5. The summed E-state index contributed by atoms with van der Waals surface area (Å²) >= 11 is 6.00. The maximum absolute atomic E-state index is 6.00. The Balaban J connectivity index is 1.89. The van der Waals surface area contributed by atoms with Crippen molar-refractivity contribution in [3.8, 4) is 11.5 Å². The molecule has 1 aromatic carbocycles. The summed E-state index contributed by atoms with van der Waals surface area (Å²) in [5.74, 6) is 1.89. The van der Waals surface area contributed by atoms with Gasteiger partial charge in [0.2, 0.25) is 0 Å². The van der Waals surface area contributed by atoms with E-state index in [1.54, 1.807) is 23.8 Å². The van der Waals surface area contributed by atoms with Crippen LogP contribution in [0.15, 0.2) is 36.5 Å². The van der Waals surface area contributed by atoms with Gasteiger partial charge in [-0.25, -0.2) is 0 Å². The molecular formula is C14H13ClN4O2. The Morgan fingerprint density at radius 1 is 1.24 bits per heavy atom. The lowest BCUT2D eigenvalue weighted by molar-refractivity contribution is 0.275. The molecular weight excluding hydrogens is 292 g/mol. The second-order valence-corrected chi connectivity index (χ2v) is 4.80. The third-order valence-corrected chi connectivity index (χ3v) is 3.20. The molecule has 3 rings (SSSR count). The van der Waals surface area contributed by atoms with E-state index in [1.807, 2.05) is 24.3 Å². The molecule has 2 N–H and O–H groups in total. The van der Waals surface area contributed by atoms with E-state index in [2.05, 4.69) is 10.2 Å². The molecule has 0 spiro atoms. The van der Waals surface area contributed by atoms with Crippen molar-refractivity contribution in [1.29, 1.82) is 0 Å². The van der Waals surface area contributed by atoms with E-state index in [9.17, 15) is 0 Å². The van der Waals surface area contributed by atoms with Crippen molar-refractivity contribution < 1.29 is 9.47 Å². The number of nitrogen functional groups attached to an aromatic ring is 1. The Morgan fingerprint density at radius 2 is 2.00 bits per heavy atom. The molecule has 6 nitrogen and oxygen atoms in total. The SMILES string of the molecule is COc1ccccc1OCc1nnc2c(N)cc(Cl)cn12. The minimum absolute atomic E-state index is 0.224. The third kappa shape index (κ3) is 2.57. The standard InChI is InChI=1S/C14H13ClN4O2/c1-20-11-4-2-3-5-12(11)21-8-13-17-18-14-10(16)6-9(15)7-19(13)14/h2-7H,8,16H2,1H3. The fourth-order valence-electron chi connectivity index (χ4n) is 2.01. The number of fused-ring (bicyclic) bond motifs is 1. The van der Waals surface area contributed by atoms with Crippen molar-refractivity contribution in [2.45, 2.75) is 6.61 Å². The van der Waals surface area contributed by atoms with E-state index in [0.29, 0.717) is 33.7 Å². The molecule has 2 aromatic heterocycles. The molecule has 21 heavy (non-hydrogen) atoms. The second kappa shape index (κ2) is 5.49. The van der Waals surface area contributed by atoms with Crippen molar-refractivity contribution in [2.24, 2.45) is 0 Å². The lowest BCUT2D eigenvalue weighted by atomic mass is 10.3. The van der Waals surface area contributed by atoms with Gasteiger partial charge in [0.25, 0.3) is 0 Å². The lowest BCUT2D eigenvalue weighted by Crippen LogP contribution is -2.03. The molecule has 0 amide bonds. The van der Waals surface area contributed by atoms with E-state index in [4.69, 9.17) is 26.8 Å². The molecule has 0 bridgehead atoms. The topological polar surface area (TPSA) is 74.7 Å². The van der Waals surface area contributed by atoms with Crippen LogP contribution in [0.2, 0.25) is 5.02 Å². The number of hydrogen-bond donors (Lipinski definition) is 1. The largest absolute Gasteiger partial charge is 0.493 e. The minimum Gasteiger partial charge on any atom is -0.493 e. The molecule has 0 radical (unpaired) electrons. The Hall–Kier alpha value is -2.47. The number of pyridine rings is 1. The highest BCUT2D eigenvalue weighted by Gasteiger charge is 2.11. The van der Waals surface area contributed by atoms with Crippen LogP contribution in [0.5, 0.6) is 11.5 Å². The highest BCUT2D eigenvalue weighted by Crippen LogP contribution is 2.27. The highest BCUT2D eigenvalue weighted by molar-refractivity contribution is 6.30. The number of nitrogens with two attached hydrogens (primary N) is 1. The van der Waals surface area contributed by atoms with Gasteiger partial charge in [-0.3, -0.25) is 4.40 Å². The summed E-state index contributed by atoms with van der Waals surface area (Å²) in [6.45, 7) is 0.224. The Labute approximate surface area is 126 Å². The first-order valence-electron chi connectivity index (χ1n) is 6.23. The van der Waals surface area contributed by atoms with Crippen LogP contribution >= 0.6 is 11.6 Å². The van der Waals surface area contributed by atoms with E-state index in [0.717, 1.165) is 0 Å². The lowest BCUT2D eigenvalue weighted by Gasteiger charge is -2.09. The van der Waals surface area contributed by atoms with E-state index in [1.165, 1.54) is 0 Å². The zero-order valence-electron chi connectivity index (χ0n) is 11.3. The third-order valence-electron chi connectivity index (χ3n) is 3.00. The first-order chi connectivity index (χ1) is 10.2. The van der Waals surface area contributed by atoms with Crippen LogP contribution in [-0.4, -0.2) is 21.7 Å². The van der Waals surface area contributed by atoms with Crippen LogP contribution < -0.4 is 15.2 Å². The van der Waals surface area contributed by atoms with Gasteiger partial charge in [0.1, 0.15) is 6.61 Å². The molecule has 0 aliphatic carbocycles. The second-order valence-electron chi connectivity index (χ2n) is 4.36. The number of rotatable bonds is 4. The Bertz CT molecular complexity index is 788. The summed E-state index contributed by atoms with van der Waals surface area (Å²) in [7, 11) is 1.59. The van der Waals surface area contributed by atoms with E-state index in [-0.39, 0.29) is 6.61 Å². The molecule has 3 aromatic rings. The van der Waals surface area contributed by atoms with Gasteiger partial charge in [0, 0.05) is 6.20 Å². The maximum atomic E-state index is 6.00. The van der Waals surface area contributed by atoms with Crippen molar-refractivity contribution in [1.82, 2.24) is 14.6 Å². The van der Waals surface area contributed by atoms with Gasteiger partial charge in [-0.15, -0.1) is 10.2 Å². The van der Waals surface area contributed by atoms with Gasteiger partial charge in [-0.05, 0) is 18.2 Å². The van der Waals surface area contributed by atoms with Crippen molar-refractivity contribution >= 4 is 22.9 Å². The summed E-state index contributed by atoms with van der Waals surface area (Å²) in [5.41, 5.74) is 6.88. The average Bonchev–Trinajstić information content (AvgIpc) is 2.88. The summed E-state index contributed by atoms with van der Waals surface area (Å²) in [6.07, 6.45) is 1.70. The van der Waals surface area contributed by atoms with E-state index < -0.39 is 0 Å². The summed E-state index contributed by atoms with van der Waals surface area (Å²) in [6, 6.07) is 9.03. The van der Waals surface area contributed by atoms with Crippen LogP contribution in [0.1, 0.15) is 5.82 Å². The number of ether oxygens (including phenoxy) is 2. The number of aromatic nitrogens is 3. The fraction of sp³-hybridized carbons (Fsp3) is 0.143. The fourth-order valence-corrected chi connectivity index (χ4v) is 2.22. The number of benzene rings is 1. The summed E-state index contributed by atoms with van der Waals surface area (Å²) in [4.78, 5) is 0. The van der Waals surface area contributed by atoms with Crippen LogP contribution in [0.3, 0.4) is 0 Å². The molecule has 0 saturated carbocycles. The monoisotopic (exact) mass is 304 g/mol. The van der Waals surface area contributed by atoms with Crippen LogP contribution in [0, 0.1) is 0 Å².